The summed E-state index contributed by atoms with van der Waals surface area (Å²) in [7, 11) is 0. The molecule has 9 heteroatoms. The fraction of sp³-hybridized carbons (Fsp3) is 0.278. The average Bonchev–Trinajstić information content (AvgIpc) is 2.68. The van der Waals surface area contributed by atoms with Gasteiger partial charge in [-0.3, -0.25) is 9.59 Å². The Morgan fingerprint density at radius 3 is 2.52 bits per heavy atom. The number of hydrogen-bond acceptors (Lipinski definition) is 4. The smallest absolute Gasteiger partial charge is 0.353 e. The minimum absolute atomic E-state index is 0.0628. The zero-order valence-electron chi connectivity index (χ0n) is 14.2. The summed E-state index contributed by atoms with van der Waals surface area (Å²) in [5.41, 5.74) is -0.480. The molecule has 0 radical (unpaired) electrons. The quantitative estimate of drug-likeness (QED) is 0.831. The van der Waals surface area contributed by atoms with Crippen molar-refractivity contribution in [2.24, 2.45) is 0 Å². The van der Waals surface area contributed by atoms with E-state index in [1.54, 1.807) is 11.0 Å². The number of pyridine rings is 1. The molecule has 0 unspecified atom stereocenters. The minimum Gasteiger partial charge on any atom is -0.353 e. The summed E-state index contributed by atoms with van der Waals surface area (Å²) < 4.78 is 38.4. The van der Waals surface area contributed by atoms with Gasteiger partial charge in [0.15, 0.2) is 0 Å². The molecule has 0 saturated carbocycles. The Labute approximate surface area is 153 Å². The van der Waals surface area contributed by atoms with Gasteiger partial charge < -0.3 is 15.1 Å². The lowest BCUT2D eigenvalue weighted by molar-refractivity contribution is -0.137. The molecule has 1 aromatic heterocycles. The predicted octanol–water partition coefficient (Wildman–Crippen LogP) is 2.63. The van der Waals surface area contributed by atoms with Gasteiger partial charge in [-0.1, -0.05) is 6.07 Å². The molecule has 1 fully saturated rings. The molecule has 1 N–H and O–H groups in total. The molecule has 0 atom stereocenters. The molecule has 2 heterocycles. The van der Waals surface area contributed by atoms with E-state index < -0.39 is 17.6 Å². The first-order valence-corrected chi connectivity index (χ1v) is 8.26. The van der Waals surface area contributed by atoms with E-state index in [0.717, 1.165) is 18.5 Å². The average molecular weight is 378 g/mol. The first-order chi connectivity index (χ1) is 12.9. The van der Waals surface area contributed by atoms with E-state index in [1.807, 2.05) is 4.90 Å². The Hall–Kier alpha value is -3.10. The number of aromatic nitrogens is 1. The predicted molar refractivity (Wildman–Crippen MR) is 93.5 cm³/mol. The summed E-state index contributed by atoms with van der Waals surface area (Å²) in [5, 5.41) is 2.48. The van der Waals surface area contributed by atoms with Crippen LogP contribution in [0.25, 0.3) is 0 Å². The van der Waals surface area contributed by atoms with Crippen molar-refractivity contribution in [3.63, 3.8) is 0 Å². The topological polar surface area (TPSA) is 65.5 Å². The highest BCUT2D eigenvalue weighted by molar-refractivity contribution is 6.04. The van der Waals surface area contributed by atoms with Crippen LogP contribution in [-0.2, 0) is 11.0 Å². The van der Waals surface area contributed by atoms with E-state index in [2.05, 4.69) is 10.3 Å². The lowest BCUT2D eigenvalue weighted by atomic mass is 10.1. The molecule has 2 amide bonds. The molecule has 1 aromatic carbocycles. The highest BCUT2D eigenvalue weighted by Crippen LogP contribution is 2.30. The lowest BCUT2D eigenvalue weighted by Gasteiger charge is -2.33. The van der Waals surface area contributed by atoms with E-state index in [4.69, 9.17) is 0 Å². The third-order valence-corrected chi connectivity index (χ3v) is 4.24. The molecule has 3 rings (SSSR count). The molecule has 6 nitrogen and oxygen atoms in total. The fourth-order valence-electron chi connectivity index (χ4n) is 2.77. The second-order valence-corrected chi connectivity index (χ2v) is 6.06. The van der Waals surface area contributed by atoms with Crippen LogP contribution in [0.2, 0.25) is 0 Å². The van der Waals surface area contributed by atoms with Gasteiger partial charge >= 0.3 is 6.18 Å². The normalized spacial score (nSPS) is 14.8. The Kier molecular flexibility index (Phi) is 5.29. The van der Waals surface area contributed by atoms with E-state index in [1.165, 1.54) is 24.4 Å². The van der Waals surface area contributed by atoms with Gasteiger partial charge in [0, 0.05) is 43.6 Å². The summed E-state index contributed by atoms with van der Waals surface area (Å²) in [5.74, 6) is 0.0572. The van der Waals surface area contributed by atoms with Crippen LogP contribution >= 0.6 is 0 Å². The second kappa shape index (κ2) is 7.65. The van der Waals surface area contributed by atoms with Crippen molar-refractivity contribution in [1.82, 2.24) is 9.88 Å². The van der Waals surface area contributed by atoms with Gasteiger partial charge in [-0.15, -0.1) is 0 Å². The molecule has 27 heavy (non-hydrogen) atoms. The van der Waals surface area contributed by atoms with E-state index in [9.17, 15) is 22.8 Å². The summed E-state index contributed by atoms with van der Waals surface area (Å²) in [6, 6.07) is 7.54. The molecule has 1 aliphatic heterocycles. The van der Waals surface area contributed by atoms with Crippen LogP contribution in [0.3, 0.4) is 0 Å². The molecule has 1 aliphatic rings. The number of amides is 2. The van der Waals surface area contributed by atoms with Gasteiger partial charge in [-0.25, -0.2) is 4.98 Å². The maximum absolute atomic E-state index is 12.8. The van der Waals surface area contributed by atoms with Crippen LogP contribution in [-0.4, -0.2) is 48.4 Å². The number of carbonyl (C=O) groups is 2. The van der Waals surface area contributed by atoms with Gasteiger partial charge in [-0.05, 0) is 30.3 Å². The van der Waals surface area contributed by atoms with Crippen LogP contribution in [0.1, 0.15) is 15.9 Å². The van der Waals surface area contributed by atoms with E-state index in [-0.39, 0.29) is 11.3 Å². The van der Waals surface area contributed by atoms with E-state index >= 15 is 0 Å². The first kappa shape index (κ1) is 18.7. The highest BCUT2D eigenvalue weighted by atomic mass is 19.4. The van der Waals surface area contributed by atoms with Crippen molar-refractivity contribution in [3.8, 4) is 0 Å². The van der Waals surface area contributed by atoms with Crippen LogP contribution in [0, 0.1) is 0 Å². The molecule has 2 aromatic rings. The Morgan fingerprint density at radius 1 is 1.11 bits per heavy atom. The van der Waals surface area contributed by atoms with Crippen LogP contribution < -0.4 is 10.2 Å². The zero-order chi connectivity index (χ0) is 19.4. The van der Waals surface area contributed by atoms with Crippen molar-refractivity contribution in [2.75, 3.05) is 36.4 Å². The molecular weight excluding hydrogens is 361 g/mol. The van der Waals surface area contributed by atoms with Crippen LogP contribution in [0.4, 0.5) is 24.7 Å². The third kappa shape index (κ3) is 4.55. The van der Waals surface area contributed by atoms with Crippen molar-refractivity contribution < 1.29 is 22.8 Å². The van der Waals surface area contributed by atoms with Gasteiger partial charge in [0.2, 0.25) is 6.41 Å². The number of nitrogens with zero attached hydrogens (tertiary/aromatic N) is 3. The summed E-state index contributed by atoms with van der Waals surface area (Å²) in [6.45, 7) is 2.30. The molecule has 0 bridgehead atoms. The largest absolute Gasteiger partial charge is 0.416 e. The number of halogens is 3. The molecule has 1 saturated heterocycles. The lowest BCUT2D eigenvalue weighted by Crippen LogP contribution is -2.46. The number of nitrogens with one attached hydrogen (secondary N) is 1. The second-order valence-electron chi connectivity index (χ2n) is 6.06. The molecule has 0 spiro atoms. The maximum Gasteiger partial charge on any atom is 0.416 e. The monoisotopic (exact) mass is 378 g/mol. The van der Waals surface area contributed by atoms with Crippen LogP contribution in [0.5, 0.6) is 0 Å². The Balaban J connectivity index is 1.72. The summed E-state index contributed by atoms with van der Waals surface area (Å²) in [6.07, 6.45) is -2.21. The van der Waals surface area contributed by atoms with Crippen molar-refractivity contribution in [2.45, 2.75) is 6.18 Å². The van der Waals surface area contributed by atoms with Gasteiger partial charge in [-0.2, -0.15) is 13.2 Å². The molecule has 0 aliphatic carbocycles. The zero-order valence-corrected chi connectivity index (χ0v) is 14.2. The minimum atomic E-state index is -4.48. The number of carbonyl (C=O) groups excluding carboxylic acids is 2. The van der Waals surface area contributed by atoms with Crippen molar-refractivity contribution in [1.29, 1.82) is 0 Å². The number of piperazine rings is 1. The van der Waals surface area contributed by atoms with Crippen molar-refractivity contribution in [3.05, 3.63) is 53.7 Å². The SMILES string of the molecule is O=CN1CCN(c2cc(C(=O)Nc3cccc(C(F)(F)F)c3)ccn2)CC1. The Morgan fingerprint density at radius 2 is 1.85 bits per heavy atom. The number of anilines is 2. The molecular formula is C18H17F3N4O2. The fourth-order valence-corrected chi connectivity index (χ4v) is 2.77. The summed E-state index contributed by atoms with van der Waals surface area (Å²) in [4.78, 5) is 31.0. The van der Waals surface area contributed by atoms with Crippen LogP contribution in [0.15, 0.2) is 42.6 Å². The number of alkyl halides is 3. The number of rotatable bonds is 4. The van der Waals surface area contributed by atoms with Crippen molar-refractivity contribution >= 4 is 23.8 Å². The van der Waals surface area contributed by atoms with Gasteiger partial charge in [0.05, 0.1) is 5.56 Å². The highest BCUT2D eigenvalue weighted by Gasteiger charge is 2.30. The summed E-state index contributed by atoms with van der Waals surface area (Å²) >= 11 is 0. The third-order valence-electron chi connectivity index (χ3n) is 4.24. The maximum atomic E-state index is 12.8. The standard InChI is InChI=1S/C18H17F3N4O2/c19-18(20,21)14-2-1-3-15(11-14)23-17(27)13-4-5-22-16(10-13)25-8-6-24(12-26)7-9-25/h1-5,10-12H,6-9H2,(H,23,27). The molecule has 142 valence electrons. The first-order valence-electron chi connectivity index (χ1n) is 8.26. The van der Waals surface area contributed by atoms with Gasteiger partial charge in [0.25, 0.3) is 5.91 Å². The van der Waals surface area contributed by atoms with Gasteiger partial charge in [0.1, 0.15) is 5.82 Å². The number of hydrogen-bond donors (Lipinski definition) is 1. The number of benzene rings is 1. The van der Waals surface area contributed by atoms with E-state index in [0.29, 0.717) is 32.0 Å². The Bertz CT molecular complexity index is 833.